The second-order valence-electron chi connectivity index (χ2n) is 7.34. The van der Waals surface area contributed by atoms with E-state index < -0.39 is 17.4 Å². The topological polar surface area (TPSA) is 92.1 Å². The fraction of sp³-hybridized carbons (Fsp3) is 0.273. The molecule has 7 heteroatoms. The Labute approximate surface area is 178 Å². The molecular formula is C22H22BrN3O3. The fourth-order valence-corrected chi connectivity index (χ4v) is 2.68. The molecule has 0 aliphatic heterocycles. The maximum absolute atomic E-state index is 12.7. The van der Waals surface area contributed by atoms with Crippen molar-refractivity contribution >= 4 is 33.9 Å². The van der Waals surface area contributed by atoms with Crippen LogP contribution in [0.15, 0.2) is 58.7 Å². The molecule has 1 amide bonds. The lowest BCUT2D eigenvalue weighted by molar-refractivity contribution is -0.154. The summed E-state index contributed by atoms with van der Waals surface area (Å²) < 4.78 is 5.99. The average Bonchev–Trinajstić information content (AvgIpc) is 2.68. The van der Waals surface area contributed by atoms with Gasteiger partial charge in [-0.3, -0.25) is 9.59 Å². The lowest BCUT2D eigenvalue weighted by Gasteiger charge is -2.22. The zero-order valence-corrected chi connectivity index (χ0v) is 18.1. The smallest absolute Gasteiger partial charge is 0.311 e. The number of amides is 1. The number of carbonyl (C=O) groups is 2. The van der Waals surface area contributed by atoms with Crippen LogP contribution in [0.5, 0.6) is 0 Å². The molecule has 0 radical (unpaired) electrons. The minimum atomic E-state index is -0.657. The first-order valence-corrected chi connectivity index (χ1v) is 9.77. The van der Waals surface area contributed by atoms with E-state index in [9.17, 15) is 14.9 Å². The van der Waals surface area contributed by atoms with Gasteiger partial charge in [0.2, 0.25) is 0 Å². The molecule has 0 saturated carbocycles. The molecule has 1 unspecified atom stereocenters. The molecule has 0 aliphatic carbocycles. The van der Waals surface area contributed by atoms with Crippen molar-refractivity contribution in [2.75, 3.05) is 6.61 Å². The van der Waals surface area contributed by atoms with Crippen molar-refractivity contribution in [1.29, 1.82) is 5.26 Å². The SMILES string of the molecule is CC(C)(C)C(=O)OCC(NC(=O)C(C#N)=Cc1cccc(Br)n1)c1ccccc1. The summed E-state index contributed by atoms with van der Waals surface area (Å²) in [5.41, 5.74) is 0.482. The summed E-state index contributed by atoms with van der Waals surface area (Å²) in [6.45, 7) is 5.23. The molecule has 0 spiro atoms. The van der Waals surface area contributed by atoms with Crippen molar-refractivity contribution < 1.29 is 14.3 Å². The van der Waals surface area contributed by atoms with Gasteiger partial charge in [0.15, 0.2) is 0 Å². The zero-order valence-electron chi connectivity index (χ0n) is 16.5. The third-order valence-electron chi connectivity index (χ3n) is 3.89. The Morgan fingerprint density at radius 1 is 1.21 bits per heavy atom. The Morgan fingerprint density at radius 2 is 1.90 bits per heavy atom. The van der Waals surface area contributed by atoms with Crippen LogP contribution in [0.2, 0.25) is 0 Å². The molecule has 2 rings (SSSR count). The molecule has 150 valence electrons. The fourth-order valence-electron chi connectivity index (χ4n) is 2.32. The number of hydrogen-bond acceptors (Lipinski definition) is 5. The van der Waals surface area contributed by atoms with E-state index in [2.05, 4.69) is 26.2 Å². The van der Waals surface area contributed by atoms with E-state index in [1.807, 2.05) is 36.4 Å². The van der Waals surface area contributed by atoms with E-state index in [0.717, 1.165) is 5.56 Å². The van der Waals surface area contributed by atoms with Crippen molar-refractivity contribution in [2.45, 2.75) is 26.8 Å². The van der Waals surface area contributed by atoms with E-state index in [-0.39, 0.29) is 18.1 Å². The maximum Gasteiger partial charge on any atom is 0.311 e. The monoisotopic (exact) mass is 455 g/mol. The minimum Gasteiger partial charge on any atom is -0.463 e. The van der Waals surface area contributed by atoms with Gasteiger partial charge in [-0.1, -0.05) is 36.4 Å². The zero-order chi connectivity index (χ0) is 21.4. The van der Waals surface area contributed by atoms with Gasteiger partial charge in [0, 0.05) is 0 Å². The number of nitriles is 1. The second-order valence-corrected chi connectivity index (χ2v) is 8.15. The quantitative estimate of drug-likeness (QED) is 0.305. The first-order valence-electron chi connectivity index (χ1n) is 8.98. The molecule has 6 nitrogen and oxygen atoms in total. The summed E-state index contributed by atoms with van der Waals surface area (Å²) in [5, 5.41) is 12.2. The van der Waals surface area contributed by atoms with Crippen molar-refractivity contribution in [1.82, 2.24) is 10.3 Å². The van der Waals surface area contributed by atoms with Crippen molar-refractivity contribution in [2.24, 2.45) is 5.41 Å². The molecule has 2 aromatic rings. The molecule has 1 N–H and O–H groups in total. The first-order chi connectivity index (χ1) is 13.7. The molecular weight excluding hydrogens is 434 g/mol. The van der Waals surface area contributed by atoms with E-state index >= 15 is 0 Å². The number of hydrogen-bond donors (Lipinski definition) is 1. The molecule has 1 heterocycles. The molecule has 0 fully saturated rings. The Morgan fingerprint density at radius 3 is 2.48 bits per heavy atom. The number of aromatic nitrogens is 1. The normalized spacial score (nSPS) is 12.6. The number of esters is 1. The molecule has 1 aromatic heterocycles. The van der Waals surface area contributed by atoms with Crippen LogP contribution in [0.3, 0.4) is 0 Å². The summed E-state index contributed by atoms with van der Waals surface area (Å²) in [6.07, 6.45) is 1.41. The van der Waals surface area contributed by atoms with Gasteiger partial charge in [0.25, 0.3) is 5.91 Å². The Balaban J connectivity index is 2.21. The molecule has 0 bridgehead atoms. The number of carbonyl (C=O) groups excluding carboxylic acids is 2. The van der Waals surface area contributed by atoms with Crippen LogP contribution in [0.4, 0.5) is 0 Å². The number of ether oxygens (including phenoxy) is 1. The maximum atomic E-state index is 12.7. The summed E-state index contributed by atoms with van der Waals surface area (Å²) in [5.74, 6) is -0.947. The van der Waals surface area contributed by atoms with Gasteiger partial charge in [-0.15, -0.1) is 0 Å². The van der Waals surface area contributed by atoms with Crippen molar-refractivity contribution in [3.05, 3.63) is 70.0 Å². The van der Waals surface area contributed by atoms with Crippen LogP contribution in [-0.2, 0) is 14.3 Å². The van der Waals surface area contributed by atoms with Gasteiger partial charge >= 0.3 is 5.97 Å². The van der Waals surface area contributed by atoms with E-state index in [1.54, 1.807) is 39.0 Å². The lowest BCUT2D eigenvalue weighted by atomic mass is 9.97. The average molecular weight is 456 g/mol. The Kier molecular flexibility index (Phi) is 7.68. The highest BCUT2D eigenvalue weighted by Gasteiger charge is 2.25. The summed E-state index contributed by atoms with van der Waals surface area (Å²) in [7, 11) is 0. The standard InChI is InChI=1S/C22H22BrN3O3/c1-22(2,3)21(28)29-14-18(15-8-5-4-6-9-15)26-20(27)16(13-24)12-17-10-7-11-19(23)25-17/h4-12,18H,14H2,1-3H3,(H,26,27). The number of pyridine rings is 1. The minimum absolute atomic E-state index is 0.0420. The van der Waals surface area contributed by atoms with E-state index in [4.69, 9.17) is 4.74 Å². The summed E-state index contributed by atoms with van der Waals surface area (Å²) in [4.78, 5) is 29.1. The first kappa shape index (κ1) is 22.3. The van der Waals surface area contributed by atoms with Crippen LogP contribution < -0.4 is 5.32 Å². The van der Waals surface area contributed by atoms with Crippen LogP contribution in [-0.4, -0.2) is 23.5 Å². The summed E-state index contributed by atoms with van der Waals surface area (Å²) in [6, 6.07) is 15.6. The van der Waals surface area contributed by atoms with Crippen LogP contribution in [0, 0.1) is 16.7 Å². The molecule has 1 aromatic carbocycles. The molecule has 29 heavy (non-hydrogen) atoms. The van der Waals surface area contributed by atoms with E-state index in [1.165, 1.54) is 6.08 Å². The molecule has 1 atom stereocenters. The molecule has 0 aliphatic rings. The van der Waals surface area contributed by atoms with Gasteiger partial charge in [-0.05, 0) is 60.5 Å². The third kappa shape index (κ3) is 6.84. The second kappa shape index (κ2) is 9.99. The number of nitrogens with zero attached hydrogens (tertiary/aromatic N) is 2. The highest BCUT2D eigenvalue weighted by atomic mass is 79.9. The lowest BCUT2D eigenvalue weighted by Crippen LogP contribution is -2.34. The summed E-state index contributed by atoms with van der Waals surface area (Å²) >= 11 is 3.26. The molecule has 0 saturated heterocycles. The van der Waals surface area contributed by atoms with Gasteiger partial charge in [0.05, 0.1) is 17.2 Å². The van der Waals surface area contributed by atoms with Crippen LogP contribution in [0.25, 0.3) is 6.08 Å². The van der Waals surface area contributed by atoms with Crippen LogP contribution >= 0.6 is 15.9 Å². The highest BCUT2D eigenvalue weighted by Crippen LogP contribution is 2.19. The Hall–Kier alpha value is -2.98. The van der Waals surface area contributed by atoms with Gasteiger partial charge < -0.3 is 10.1 Å². The van der Waals surface area contributed by atoms with Crippen molar-refractivity contribution in [3.8, 4) is 6.07 Å². The number of halogens is 1. The Bertz CT molecular complexity index is 944. The third-order valence-corrected chi connectivity index (χ3v) is 4.34. The highest BCUT2D eigenvalue weighted by molar-refractivity contribution is 9.10. The van der Waals surface area contributed by atoms with E-state index in [0.29, 0.717) is 10.3 Å². The number of nitrogens with one attached hydrogen (secondary N) is 1. The van der Waals surface area contributed by atoms with Crippen molar-refractivity contribution in [3.63, 3.8) is 0 Å². The number of benzene rings is 1. The van der Waals surface area contributed by atoms with Crippen LogP contribution in [0.1, 0.15) is 38.1 Å². The predicted molar refractivity (Wildman–Crippen MR) is 113 cm³/mol. The van der Waals surface area contributed by atoms with Gasteiger partial charge in [-0.25, -0.2) is 4.98 Å². The predicted octanol–water partition coefficient (Wildman–Crippen LogP) is 4.20. The van der Waals surface area contributed by atoms with Gasteiger partial charge in [0.1, 0.15) is 22.9 Å². The van der Waals surface area contributed by atoms with Gasteiger partial charge in [-0.2, -0.15) is 5.26 Å². The largest absolute Gasteiger partial charge is 0.463 e. The number of rotatable bonds is 6.